The van der Waals surface area contributed by atoms with Gasteiger partial charge in [-0.25, -0.2) is 0 Å². The molecular weight excluding hydrogens is 271 g/mol. The highest BCUT2D eigenvalue weighted by Crippen LogP contribution is 2.29. The molecule has 0 aliphatic carbocycles. The van der Waals surface area contributed by atoms with Crippen molar-refractivity contribution in [2.24, 2.45) is 0 Å². The van der Waals surface area contributed by atoms with Gasteiger partial charge in [-0.1, -0.05) is 12.1 Å². The molecule has 0 spiro atoms. The topological polar surface area (TPSA) is 38.3 Å². The molecular formula is C14H16F3NO2. The van der Waals surface area contributed by atoms with E-state index in [-0.39, 0.29) is 18.2 Å². The van der Waals surface area contributed by atoms with Crippen molar-refractivity contribution in [1.29, 1.82) is 0 Å². The summed E-state index contributed by atoms with van der Waals surface area (Å²) in [7, 11) is 0. The Morgan fingerprint density at radius 3 is 2.55 bits per heavy atom. The van der Waals surface area contributed by atoms with Crippen molar-refractivity contribution in [2.75, 3.05) is 19.8 Å². The SMILES string of the molecule is O=C(Cc1ccc(C(F)(F)F)cc1)CC1COCCN1. The van der Waals surface area contributed by atoms with Crippen LogP contribution in [0.4, 0.5) is 13.2 Å². The molecule has 0 radical (unpaired) electrons. The van der Waals surface area contributed by atoms with Crippen molar-refractivity contribution < 1.29 is 22.7 Å². The number of hydrogen-bond acceptors (Lipinski definition) is 3. The molecule has 2 rings (SSSR count). The highest BCUT2D eigenvalue weighted by atomic mass is 19.4. The molecule has 1 fully saturated rings. The number of ketones is 1. The maximum Gasteiger partial charge on any atom is 0.416 e. The van der Waals surface area contributed by atoms with Crippen LogP contribution in [0, 0.1) is 0 Å². The minimum atomic E-state index is -4.34. The molecule has 0 amide bonds. The monoisotopic (exact) mass is 287 g/mol. The summed E-state index contributed by atoms with van der Waals surface area (Å²) in [5.74, 6) is -0.00670. The number of benzene rings is 1. The van der Waals surface area contributed by atoms with Crippen LogP contribution < -0.4 is 5.32 Å². The highest BCUT2D eigenvalue weighted by Gasteiger charge is 2.30. The van der Waals surface area contributed by atoms with Crippen LogP contribution in [-0.4, -0.2) is 31.6 Å². The molecule has 1 aromatic rings. The lowest BCUT2D eigenvalue weighted by Crippen LogP contribution is -2.42. The number of carbonyl (C=O) groups excluding carboxylic acids is 1. The molecule has 1 saturated heterocycles. The van der Waals surface area contributed by atoms with Gasteiger partial charge in [0.2, 0.25) is 0 Å². The number of Topliss-reactive ketones (excluding diaryl/α,β-unsaturated/α-hetero) is 1. The Morgan fingerprint density at radius 2 is 2.00 bits per heavy atom. The Kier molecular flexibility index (Phi) is 4.77. The Balaban J connectivity index is 1.87. The minimum absolute atomic E-state index is 0.00528. The van der Waals surface area contributed by atoms with E-state index in [2.05, 4.69) is 5.32 Å². The Bertz CT molecular complexity index is 450. The molecule has 20 heavy (non-hydrogen) atoms. The van der Waals surface area contributed by atoms with E-state index in [1.54, 1.807) is 0 Å². The molecule has 0 saturated carbocycles. The quantitative estimate of drug-likeness (QED) is 0.922. The Labute approximate surface area is 115 Å². The van der Waals surface area contributed by atoms with E-state index in [4.69, 9.17) is 4.74 Å². The second-order valence-electron chi connectivity index (χ2n) is 4.84. The van der Waals surface area contributed by atoms with Gasteiger partial charge in [0.1, 0.15) is 5.78 Å². The number of nitrogens with one attached hydrogen (secondary N) is 1. The van der Waals surface area contributed by atoms with Crippen molar-refractivity contribution in [2.45, 2.75) is 25.1 Å². The fourth-order valence-corrected chi connectivity index (χ4v) is 2.14. The largest absolute Gasteiger partial charge is 0.416 e. The molecule has 6 heteroatoms. The lowest BCUT2D eigenvalue weighted by Gasteiger charge is -2.23. The van der Waals surface area contributed by atoms with Crippen molar-refractivity contribution in [3.8, 4) is 0 Å². The van der Waals surface area contributed by atoms with Gasteiger partial charge in [-0.2, -0.15) is 13.2 Å². The first-order valence-electron chi connectivity index (χ1n) is 6.44. The second-order valence-corrected chi connectivity index (χ2v) is 4.84. The molecule has 1 aliphatic rings. The smallest absolute Gasteiger partial charge is 0.379 e. The van der Waals surface area contributed by atoms with Gasteiger partial charge in [0, 0.05) is 25.4 Å². The number of morpholine rings is 1. The Morgan fingerprint density at radius 1 is 1.30 bits per heavy atom. The molecule has 3 nitrogen and oxygen atoms in total. The summed E-state index contributed by atoms with van der Waals surface area (Å²) in [6.07, 6.45) is -3.86. The van der Waals surface area contributed by atoms with Crippen LogP contribution in [0.2, 0.25) is 0 Å². The number of carbonyl (C=O) groups is 1. The molecule has 0 aromatic heterocycles. The van der Waals surface area contributed by atoms with E-state index in [9.17, 15) is 18.0 Å². The van der Waals surface area contributed by atoms with Gasteiger partial charge in [0.05, 0.1) is 18.8 Å². The van der Waals surface area contributed by atoms with Crippen LogP contribution in [0.25, 0.3) is 0 Å². The van der Waals surface area contributed by atoms with Gasteiger partial charge in [-0.15, -0.1) is 0 Å². The first-order chi connectivity index (χ1) is 9.45. The predicted molar refractivity (Wildman–Crippen MR) is 67.4 cm³/mol. The van der Waals surface area contributed by atoms with Crippen molar-refractivity contribution in [1.82, 2.24) is 5.32 Å². The van der Waals surface area contributed by atoms with Gasteiger partial charge in [-0.05, 0) is 17.7 Å². The fraction of sp³-hybridized carbons (Fsp3) is 0.500. The van der Waals surface area contributed by atoms with Gasteiger partial charge in [0.15, 0.2) is 0 Å². The Hall–Kier alpha value is -1.40. The molecule has 1 heterocycles. The highest BCUT2D eigenvalue weighted by molar-refractivity contribution is 5.81. The zero-order chi connectivity index (χ0) is 14.6. The van der Waals surface area contributed by atoms with Crippen LogP contribution >= 0.6 is 0 Å². The summed E-state index contributed by atoms with van der Waals surface area (Å²) in [6.45, 7) is 1.86. The summed E-state index contributed by atoms with van der Waals surface area (Å²) in [6, 6.07) is 4.72. The average Bonchev–Trinajstić information content (AvgIpc) is 2.39. The van der Waals surface area contributed by atoms with E-state index in [1.807, 2.05) is 0 Å². The van der Waals surface area contributed by atoms with Crippen molar-refractivity contribution in [3.05, 3.63) is 35.4 Å². The summed E-state index contributed by atoms with van der Waals surface area (Å²) in [5, 5.41) is 3.17. The average molecular weight is 287 g/mol. The lowest BCUT2D eigenvalue weighted by molar-refractivity contribution is -0.137. The number of hydrogen-bond donors (Lipinski definition) is 1. The van der Waals surface area contributed by atoms with Crippen LogP contribution in [0.1, 0.15) is 17.5 Å². The summed E-state index contributed by atoms with van der Waals surface area (Å²) in [5.41, 5.74) is -0.101. The van der Waals surface area contributed by atoms with Crippen LogP contribution in [0.5, 0.6) is 0 Å². The van der Waals surface area contributed by atoms with Gasteiger partial charge >= 0.3 is 6.18 Å². The van der Waals surface area contributed by atoms with Crippen molar-refractivity contribution in [3.63, 3.8) is 0 Å². The molecule has 1 aliphatic heterocycles. The van der Waals surface area contributed by atoms with Gasteiger partial charge in [0.25, 0.3) is 0 Å². The third kappa shape index (κ3) is 4.31. The van der Waals surface area contributed by atoms with Crippen LogP contribution in [0.15, 0.2) is 24.3 Å². The van der Waals surface area contributed by atoms with Crippen molar-refractivity contribution >= 4 is 5.78 Å². The fourth-order valence-electron chi connectivity index (χ4n) is 2.14. The second kappa shape index (κ2) is 6.37. The number of ether oxygens (including phenoxy) is 1. The summed E-state index contributed by atoms with van der Waals surface area (Å²) < 4.78 is 42.5. The zero-order valence-corrected chi connectivity index (χ0v) is 10.9. The molecule has 1 N–H and O–H groups in total. The first-order valence-corrected chi connectivity index (χ1v) is 6.44. The lowest BCUT2D eigenvalue weighted by atomic mass is 10.0. The number of alkyl halides is 3. The third-order valence-electron chi connectivity index (χ3n) is 3.16. The molecule has 1 atom stereocenters. The van der Waals surface area contributed by atoms with E-state index in [0.29, 0.717) is 25.2 Å². The van der Waals surface area contributed by atoms with Gasteiger partial charge in [-0.3, -0.25) is 4.79 Å². The first kappa shape index (κ1) is 15.0. The summed E-state index contributed by atoms with van der Waals surface area (Å²) >= 11 is 0. The predicted octanol–water partition coefficient (Wildman–Crippen LogP) is 2.20. The molecule has 0 bridgehead atoms. The molecule has 1 aromatic carbocycles. The van der Waals surface area contributed by atoms with Crippen LogP contribution in [0.3, 0.4) is 0 Å². The third-order valence-corrected chi connectivity index (χ3v) is 3.16. The summed E-state index contributed by atoms with van der Waals surface area (Å²) in [4.78, 5) is 11.8. The standard InChI is InChI=1S/C14H16F3NO2/c15-14(16,17)11-3-1-10(2-4-11)7-13(19)8-12-9-20-6-5-18-12/h1-4,12,18H,5-9H2. The molecule has 110 valence electrons. The van der Waals surface area contributed by atoms with E-state index in [0.717, 1.165) is 18.7 Å². The maximum atomic E-state index is 12.4. The van der Waals surface area contributed by atoms with Crippen LogP contribution in [-0.2, 0) is 22.1 Å². The van der Waals surface area contributed by atoms with Gasteiger partial charge < -0.3 is 10.1 Å². The zero-order valence-electron chi connectivity index (χ0n) is 10.9. The van der Waals surface area contributed by atoms with E-state index in [1.165, 1.54) is 12.1 Å². The number of halogens is 3. The van der Waals surface area contributed by atoms with E-state index >= 15 is 0 Å². The minimum Gasteiger partial charge on any atom is -0.379 e. The number of rotatable bonds is 4. The molecule has 1 unspecified atom stereocenters. The normalized spacial score (nSPS) is 19.9. The van der Waals surface area contributed by atoms with E-state index < -0.39 is 11.7 Å². The maximum absolute atomic E-state index is 12.4.